The average molecular weight is 450 g/mol. The van der Waals surface area contributed by atoms with Crippen molar-refractivity contribution in [3.8, 4) is 0 Å². The molecule has 1 saturated heterocycles. The summed E-state index contributed by atoms with van der Waals surface area (Å²) in [6, 6.07) is 28.9. The molecule has 1 aliphatic heterocycles. The molecule has 3 aromatic rings. The molecule has 0 bridgehead atoms. The van der Waals surface area contributed by atoms with E-state index in [4.69, 9.17) is 24.7 Å². The summed E-state index contributed by atoms with van der Waals surface area (Å²) >= 11 is 0. The van der Waals surface area contributed by atoms with Crippen LogP contribution < -0.4 is 5.73 Å². The monoisotopic (exact) mass is 449 g/mol. The van der Waals surface area contributed by atoms with E-state index in [1.165, 1.54) is 0 Å². The van der Waals surface area contributed by atoms with E-state index in [1.807, 2.05) is 91.0 Å². The van der Waals surface area contributed by atoms with Crippen molar-refractivity contribution < 1.29 is 24.1 Å². The van der Waals surface area contributed by atoms with Gasteiger partial charge in [-0.05, 0) is 16.7 Å². The number of aliphatic hydroxyl groups is 1. The SMILES string of the molecule is N[C@@H]1C(O)O[C@H](COCc2ccccc2)[C@H](OCc2ccccc2)[C@H]1OCc1ccccc1. The van der Waals surface area contributed by atoms with Crippen LogP contribution in [0.25, 0.3) is 0 Å². The van der Waals surface area contributed by atoms with Crippen molar-refractivity contribution in [1.29, 1.82) is 0 Å². The molecule has 1 unspecified atom stereocenters. The van der Waals surface area contributed by atoms with Crippen molar-refractivity contribution in [2.45, 2.75) is 50.5 Å². The standard InChI is InChI=1S/C27H31NO5/c28-24-26(32-18-22-14-8-3-9-15-22)25(31-17-21-12-6-2-7-13-21)23(33-27(24)29)19-30-16-20-10-4-1-5-11-20/h1-15,23-27,29H,16-19,28H2/t23-,24+,25+,26+,27?/m1/s1. The topological polar surface area (TPSA) is 83.2 Å². The van der Waals surface area contributed by atoms with E-state index in [-0.39, 0.29) is 6.61 Å². The summed E-state index contributed by atoms with van der Waals surface area (Å²) in [5, 5.41) is 10.5. The highest BCUT2D eigenvalue weighted by atomic mass is 16.7. The zero-order valence-corrected chi connectivity index (χ0v) is 18.5. The van der Waals surface area contributed by atoms with Crippen LogP contribution >= 0.6 is 0 Å². The fourth-order valence-corrected chi connectivity index (χ4v) is 3.88. The van der Waals surface area contributed by atoms with Crippen molar-refractivity contribution >= 4 is 0 Å². The number of rotatable bonds is 10. The summed E-state index contributed by atoms with van der Waals surface area (Å²) in [4.78, 5) is 0. The maximum atomic E-state index is 10.5. The van der Waals surface area contributed by atoms with Crippen molar-refractivity contribution in [2.75, 3.05) is 6.61 Å². The average Bonchev–Trinajstić information content (AvgIpc) is 2.86. The number of ether oxygens (including phenoxy) is 4. The first-order valence-electron chi connectivity index (χ1n) is 11.2. The van der Waals surface area contributed by atoms with Gasteiger partial charge in [-0.3, -0.25) is 0 Å². The molecule has 1 aliphatic rings. The molecule has 0 spiro atoms. The Hall–Kier alpha value is -2.58. The van der Waals surface area contributed by atoms with Gasteiger partial charge in [0.2, 0.25) is 0 Å². The summed E-state index contributed by atoms with van der Waals surface area (Å²) in [5.41, 5.74) is 9.42. The molecule has 3 aromatic carbocycles. The second kappa shape index (κ2) is 12.0. The Morgan fingerprint density at radius 3 is 1.64 bits per heavy atom. The van der Waals surface area contributed by atoms with Crippen LogP contribution in [0.4, 0.5) is 0 Å². The fraction of sp³-hybridized carbons (Fsp3) is 0.333. The lowest BCUT2D eigenvalue weighted by molar-refractivity contribution is -0.273. The maximum absolute atomic E-state index is 10.5. The maximum Gasteiger partial charge on any atom is 0.173 e. The molecule has 0 aliphatic carbocycles. The molecule has 6 nitrogen and oxygen atoms in total. The van der Waals surface area contributed by atoms with Crippen LogP contribution in [-0.2, 0) is 38.8 Å². The largest absolute Gasteiger partial charge is 0.374 e. The summed E-state index contributed by atoms with van der Waals surface area (Å²) in [7, 11) is 0. The minimum atomic E-state index is -1.17. The minimum absolute atomic E-state index is 0.239. The normalized spacial score (nSPS) is 25.1. The van der Waals surface area contributed by atoms with Gasteiger partial charge in [-0.25, -0.2) is 0 Å². The van der Waals surface area contributed by atoms with Gasteiger partial charge in [-0.15, -0.1) is 0 Å². The molecule has 1 heterocycles. The zero-order chi connectivity index (χ0) is 22.9. The second-order valence-corrected chi connectivity index (χ2v) is 8.17. The highest BCUT2D eigenvalue weighted by Crippen LogP contribution is 2.26. The third kappa shape index (κ3) is 6.71. The molecule has 0 aromatic heterocycles. The van der Waals surface area contributed by atoms with Crippen LogP contribution in [0.1, 0.15) is 16.7 Å². The molecule has 0 radical (unpaired) electrons. The lowest BCUT2D eigenvalue weighted by atomic mass is 9.97. The number of benzene rings is 3. The Bertz CT molecular complexity index is 941. The van der Waals surface area contributed by atoms with Crippen LogP contribution in [-0.4, -0.2) is 42.4 Å². The van der Waals surface area contributed by atoms with Crippen molar-refractivity contribution in [3.05, 3.63) is 108 Å². The number of aliphatic hydroxyl groups excluding tert-OH is 1. The predicted octanol–water partition coefficient (Wildman–Crippen LogP) is 3.42. The van der Waals surface area contributed by atoms with Crippen LogP contribution in [0, 0.1) is 0 Å². The van der Waals surface area contributed by atoms with Crippen LogP contribution in [0.2, 0.25) is 0 Å². The minimum Gasteiger partial charge on any atom is -0.374 e. The van der Waals surface area contributed by atoms with Gasteiger partial charge in [-0.1, -0.05) is 91.0 Å². The summed E-state index contributed by atoms with van der Waals surface area (Å²) < 4.78 is 24.2. The third-order valence-corrected chi connectivity index (χ3v) is 5.68. The Morgan fingerprint density at radius 2 is 1.12 bits per heavy atom. The summed E-state index contributed by atoms with van der Waals surface area (Å²) in [6.07, 6.45) is -2.79. The number of hydrogen-bond donors (Lipinski definition) is 2. The van der Waals surface area contributed by atoms with Gasteiger partial charge in [0, 0.05) is 0 Å². The van der Waals surface area contributed by atoms with E-state index in [0.717, 1.165) is 16.7 Å². The van der Waals surface area contributed by atoms with Gasteiger partial charge < -0.3 is 29.8 Å². The molecular formula is C27H31NO5. The van der Waals surface area contributed by atoms with Gasteiger partial charge in [0.15, 0.2) is 6.29 Å². The molecular weight excluding hydrogens is 418 g/mol. The highest BCUT2D eigenvalue weighted by Gasteiger charge is 2.45. The van der Waals surface area contributed by atoms with Crippen LogP contribution in [0.15, 0.2) is 91.0 Å². The Labute approximate surface area is 194 Å². The van der Waals surface area contributed by atoms with Gasteiger partial charge in [0.25, 0.3) is 0 Å². The van der Waals surface area contributed by atoms with E-state index in [9.17, 15) is 5.11 Å². The third-order valence-electron chi connectivity index (χ3n) is 5.68. The summed E-state index contributed by atoms with van der Waals surface area (Å²) in [6.45, 7) is 1.40. The van der Waals surface area contributed by atoms with E-state index >= 15 is 0 Å². The Balaban J connectivity index is 1.46. The van der Waals surface area contributed by atoms with Crippen molar-refractivity contribution in [1.82, 2.24) is 0 Å². The van der Waals surface area contributed by atoms with Gasteiger partial charge in [-0.2, -0.15) is 0 Å². The van der Waals surface area contributed by atoms with Crippen molar-refractivity contribution in [3.63, 3.8) is 0 Å². The highest BCUT2D eigenvalue weighted by molar-refractivity contribution is 5.15. The van der Waals surface area contributed by atoms with Crippen LogP contribution in [0.5, 0.6) is 0 Å². The van der Waals surface area contributed by atoms with E-state index < -0.39 is 30.6 Å². The first-order chi connectivity index (χ1) is 16.2. The lowest BCUT2D eigenvalue weighted by Gasteiger charge is -2.43. The number of hydrogen-bond acceptors (Lipinski definition) is 6. The molecule has 5 atom stereocenters. The van der Waals surface area contributed by atoms with E-state index in [0.29, 0.717) is 19.8 Å². The van der Waals surface area contributed by atoms with E-state index in [2.05, 4.69) is 0 Å². The molecule has 4 rings (SSSR count). The first-order valence-corrected chi connectivity index (χ1v) is 11.2. The molecule has 1 fully saturated rings. The summed E-state index contributed by atoms with van der Waals surface area (Å²) in [5.74, 6) is 0. The molecule has 33 heavy (non-hydrogen) atoms. The lowest BCUT2D eigenvalue weighted by Crippen LogP contribution is -2.63. The van der Waals surface area contributed by atoms with Gasteiger partial charge in [0.05, 0.1) is 32.5 Å². The molecule has 3 N–H and O–H groups in total. The molecule has 0 amide bonds. The predicted molar refractivity (Wildman–Crippen MR) is 125 cm³/mol. The van der Waals surface area contributed by atoms with Gasteiger partial charge >= 0.3 is 0 Å². The Morgan fingerprint density at radius 1 is 0.667 bits per heavy atom. The second-order valence-electron chi connectivity index (χ2n) is 8.17. The van der Waals surface area contributed by atoms with E-state index in [1.54, 1.807) is 0 Å². The van der Waals surface area contributed by atoms with Gasteiger partial charge in [0.1, 0.15) is 18.3 Å². The fourth-order valence-electron chi connectivity index (χ4n) is 3.88. The smallest absolute Gasteiger partial charge is 0.173 e. The number of nitrogens with two attached hydrogens (primary N) is 1. The first kappa shape index (κ1) is 23.6. The zero-order valence-electron chi connectivity index (χ0n) is 18.5. The molecule has 6 heteroatoms. The molecule has 0 saturated carbocycles. The Kier molecular flexibility index (Phi) is 8.60. The quantitative estimate of drug-likeness (QED) is 0.494. The van der Waals surface area contributed by atoms with Crippen LogP contribution in [0.3, 0.4) is 0 Å². The van der Waals surface area contributed by atoms with Crippen molar-refractivity contribution in [2.24, 2.45) is 5.73 Å². The molecule has 174 valence electrons.